The van der Waals surface area contributed by atoms with Gasteiger partial charge in [0.15, 0.2) is 0 Å². The van der Waals surface area contributed by atoms with E-state index in [0.29, 0.717) is 16.9 Å². The highest BCUT2D eigenvalue weighted by atomic mass is 15.3. The Hall–Kier alpha value is -2.87. The highest BCUT2D eigenvalue weighted by Crippen LogP contribution is 2.21. The maximum Gasteiger partial charge on any atom is 0.102 e. The molecule has 2 N–H and O–H groups in total. The number of nitriles is 1. The molecule has 0 atom stereocenters. The van der Waals surface area contributed by atoms with Gasteiger partial charge in [0.05, 0.1) is 23.5 Å². The summed E-state index contributed by atoms with van der Waals surface area (Å²) in [6.07, 6.45) is 4.94. The number of aromatic nitrogens is 3. The van der Waals surface area contributed by atoms with Gasteiger partial charge in [-0.1, -0.05) is 0 Å². The minimum Gasteiger partial charge on any atom is -0.399 e. The molecule has 3 rings (SSSR count). The van der Waals surface area contributed by atoms with Gasteiger partial charge < -0.3 is 5.73 Å². The summed E-state index contributed by atoms with van der Waals surface area (Å²) in [6.45, 7) is 0. The molecule has 5 heteroatoms. The van der Waals surface area contributed by atoms with E-state index in [1.54, 1.807) is 29.3 Å². The van der Waals surface area contributed by atoms with Crippen LogP contribution in [0.25, 0.3) is 16.6 Å². The Morgan fingerprint density at radius 3 is 2.94 bits per heavy atom. The van der Waals surface area contributed by atoms with Crippen LogP contribution in [0.15, 0.2) is 42.9 Å². The second-order valence-electron chi connectivity index (χ2n) is 3.88. The van der Waals surface area contributed by atoms with Crippen LogP contribution in [0, 0.1) is 11.3 Å². The SMILES string of the molecule is N#Cc1ccncc1-n1ncc2ccc(N)cc21. The minimum absolute atomic E-state index is 0.525. The fraction of sp³-hybridized carbons (Fsp3) is 0. The van der Waals surface area contributed by atoms with Crippen molar-refractivity contribution < 1.29 is 0 Å². The van der Waals surface area contributed by atoms with Crippen molar-refractivity contribution in [3.05, 3.63) is 48.4 Å². The van der Waals surface area contributed by atoms with Crippen LogP contribution in [0.5, 0.6) is 0 Å². The highest BCUT2D eigenvalue weighted by Gasteiger charge is 2.09. The molecule has 0 bridgehead atoms. The predicted octanol–water partition coefficient (Wildman–Crippen LogP) is 1.87. The lowest BCUT2D eigenvalue weighted by Gasteiger charge is -2.05. The molecule has 3 aromatic rings. The van der Waals surface area contributed by atoms with Gasteiger partial charge in [0, 0.05) is 17.3 Å². The number of pyridine rings is 1. The number of anilines is 1. The van der Waals surface area contributed by atoms with Crippen LogP contribution >= 0.6 is 0 Å². The number of nitrogen functional groups attached to an aromatic ring is 1. The first kappa shape index (κ1) is 10.3. The van der Waals surface area contributed by atoms with Crippen molar-refractivity contribution in [3.8, 4) is 11.8 Å². The fourth-order valence-corrected chi connectivity index (χ4v) is 1.88. The van der Waals surface area contributed by atoms with Gasteiger partial charge in [0.1, 0.15) is 11.8 Å². The van der Waals surface area contributed by atoms with E-state index in [-0.39, 0.29) is 0 Å². The van der Waals surface area contributed by atoms with Gasteiger partial charge in [-0.2, -0.15) is 10.4 Å². The van der Waals surface area contributed by atoms with Crippen molar-refractivity contribution in [1.82, 2.24) is 14.8 Å². The molecule has 0 radical (unpaired) electrons. The van der Waals surface area contributed by atoms with Gasteiger partial charge in [0.25, 0.3) is 0 Å². The van der Waals surface area contributed by atoms with Gasteiger partial charge in [-0.15, -0.1) is 0 Å². The molecule has 0 aliphatic heterocycles. The number of fused-ring (bicyclic) bond motifs is 1. The lowest BCUT2D eigenvalue weighted by molar-refractivity contribution is 0.899. The number of nitrogens with zero attached hydrogens (tertiary/aromatic N) is 4. The third-order valence-electron chi connectivity index (χ3n) is 2.74. The van der Waals surface area contributed by atoms with Crippen molar-refractivity contribution >= 4 is 16.6 Å². The quantitative estimate of drug-likeness (QED) is 0.653. The molecule has 2 heterocycles. The fourth-order valence-electron chi connectivity index (χ4n) is 1.88. The summed E-state index contributed by atoms with van der Waals surface area (Å²) in [5.74, 6) is 0. The topological polar surface area (TPSA) is 80.5 Å². The summed E-state index contributed by atoms with van der Waals surface area (Å²) < 4.78 is 1.68. The van der Waals surface area contributed by atoms with E-state index in [1.807, 2.05) is 18.2 Å². The Morgan fingerprint density at radius 2 is 2.11 bits per heavy atom. The first-order chi connectivity index (χ1) is 8.79. The lowest BCUT2D eigenvalue weighted by Crippen LogP contribution is -2.00. The summed E-state index contributed by atoms with van der Waals surface area (Å²) in [7, 11) is 0. The zero-order valence-corrected chi connectivity index (χ0v) is 9.41. The van der Waals surface area contributed by atoms with Crippen LogP contribution < -0.4 is 5.73 Å². The van der Waals surface area contributed by atoms with Gasteiger partial charge in [-0.25, -0.2) is 4.68 Å². The first-order valence-electron chi connectivity index (χ1n) is 5.37. The first-order valence-corrected chi connectivity index (χ1v) is 5.37. The molecule has 0 unspecified atom stereocenters. The molecule has 86 valence electrons. The Labute approximate surface area is 103 Å². The third-order valence-corrected chi connectivity index (χ3v) is 2.74. The van der Waals surface area contributed by atoms with Crippen molar-refractivity contribution in [1.29, 1.82) is 5.26 Å². The van der Waals surface area contributed by atoms with E-state index in [1.165, 1.54) is 0 Å². The number of benzene rings is 1. The maximum atomic E-state index is 9.10. The van der Waals surface area contributed by atoms with E-state index in [4.69, 9.17) is 11.0 Å². The molecule has 2 aromatic heterocycles. The summed E-state index contributed by atoms with van der Waals surface area (Å²) in [5, 5.41) is 14.4. The second-order valence-corrected chi connectivity index (χ2v) is 3.88. The van der Waals surface area contributed by atoms with Gasteiger partial charge in [-0.05, 0) is 24.3 Å². The maximum absolute atomic E-state index is 9.10. The molecule has 1 aromatic carbocycles. The van der Waals surface area contributed by atoms with Crippen LogP contribution in [0.3, 0.4) is 0 Å². The Bertz CT molecular complexity index is 766. The monoisotopic (exact) mass is 235 g/mol. The van der Waals surface area contributed by atoms with Crippen LogP contribution in [-0.4, -0.2) is 14.8 Å². The standard InChI is InChI=1S/C13H9N5/c14-6-9-3-4-16-8-13(9)18-12-5-11(15)2-1-10(12)7-17-18/h1-5,7-8H,15H2. The van der Waals surface area contributed by atoms with Crippen LogP contribution in [0.4, 0.5) is 5.69 Å². The molecule has 18 heavy (non-hydrogen) atoms. The summed E-state index contributed by atoms with van der Waals surface area (Å²) in [4.78, 5) is 4.04. The average Bonchev–Trinajstić information content (AvgIpc) is 2.81. The van der Waals surface area contributed by atoms with Crippen molar-refractivity contribution in [2.24, 2.45) is 0 Å². The van der Waals surface area contributed by atoms with E-state index in [9.17, 15) is 0 Å². The summed E-state index contributed by atoms with van der Waals surface area (Å²) in [5.41, 5.74) is 8.48. The van der Waals surface area contributed by atoms with E-state index < -0.39 is 0 Å². The average molecular weight is 235 g/mol. The van der Waals surface area contributed by atoms with Gasteiger partial charge in [0.2, 0.25) is 0 Å². The zero-order valence-electron chi connectivity index (χ0n) is 9.41. The number of nitrogens with two attached hydrogens (primary N) is 1. The van der Waals surface area contributed by atoms with Crippen molar-refractivity contribution in [3.63, 3.8) is 0 Å². The second kappa shape index (κ2) is 3.86. The zero-order chi connectivity index (χ0) is 12.5. The molecule has 0 aliphatic rings. The third kappa shape index (κ3) is 1.48. The molecule has 5 nitrogen and oxygen atoms in total. The van der Waals surface area contributed by atoms with Gasteiger partial charge >= 0.3 is 0 Å². The lowest BCUT2D eigenvalue weighted by atomic mass is 10.2. The normalized spacial score (nSPS) is 10.4. The van der Waals surface area contributed by atoms with Crippen LogP contribution in [-0.2, 0) is 0 Å². The largest absolute Gasteiger partial charge is 0.399 e. The Morgan fingerprint density at radius 1 is 1.22 bits per heavy atom. The number of rotatable bonds is 1. The molecule has 0 spiro atoms. The molecule has 0 saturated carbocycles. The van der Waals surface area contributed by atoms with E-state index in [2.05, 4.69) is 16.2 Å². The van der Waals surface area contributed by atoms with Crippen molar-refractivity contribution in [2.45, 2.75) is 0 Å². The van der Waals surface area contributed by atoms with Crippen LogP contribution in [0.1, 0.15) is 5.56 Å². The molecular formula is C13H9N5. The molecule has 0 amide bonds. The number of hydrogen-bond acceptors (Lipinski definition) is 4. The molecule has 0 fully saturated rings. The molecule has 0 saturated heterocycles. The Kier molecular flexibility index (Phi) is 2.21. The summed E-state index contributed by atoms with van der Waals surface area (Å²) >= 11 is 0. The molecular weight excluding hydrogens is 226 g/mol. The minimum atomic E-state index is 0.525. The summed E-state index contributed by atoms with van der Waals surface area (Å²) in [6, 6.07) is 9.34. The van der Waals surface area contributed by atoms with E-state index >= 15 is 0 Å². The number of hydrogen-bond donors (Lipinski definition) is 1. The predicted molar refractivity (Wildman–Crippen MR) is 68.0 cm³/mol. The smallest absolute Gasteiger partial charge is 0.102 e. The Balaban J connectivity index is 2.32. The van der Waals surface area contributed by atoms with Gasteiger partial charge in [-0.3, -0.25) is 4.98 Å². The van der Waals surface area contributed by atoms with Crippen molar-refractivity contribution in [2.75, 3.05) is 5.73 Å². The molecule has 0 aliphatic carbocycles. The van der Waals surface area contributed by atoms with E-state index in [0.717, 1.165) is 10.9 Å². The highest BCUT2D eigenvalue weighted by molar-refractivity contribution is 5.83. The van der Waals surface area contributed by atoms with Crippen LogP contribution in [0.2, 0.25) is 0 Å².